The number of carbonyl (C=O) groups is 2. The summed E-state index contributed by atoms with van der Waals surface area (Å²) in [4.78, 5) is 31.4. The summed E-state index contributed by atoms with van der Waals surface area (Å²) in [5.41, 5.74) is 1.00. The van der Waals surface area contributed by atoms with Crippen molar-refractivity contribution in [2.75, 3.05) is 24.5 Å². The van der Waals surface area contributed by atoms with E-state index in [0.29, 0.717) is 43.7 Å². The number of amides is 2. The minimum atomic E-state index is -0.524. The fraction of sp³-hybridized carbons (Fsp3) is 0.381. The Morgan fingerprint density at radius 2 is 2.07 bits per heavy atom. The van der Waals surface area contributed by atoms with Gasteiger partial charge in [-0.3, -0.25) is 14.7 Å². The summed E-state index contributed by atoms with van der Waals surface area (Å²) in [6.45, 7) is 3.25. The quantitative estimate of drug-likeness (QED) is 0.789. The monoisotopic (exact) mass is 399 g/mol. The molecule has 0 N–H and O–H groups in total. The van der Waals surface area contributed by atoms with Gasteiger partial charge in [0.25, 0.3) is 5.91 Å². The Bertz CT molecular complexity index is 900. The molecule has 0 bridgehead atoms. The standard InChI is InChI=1S/C21H22FN3O4/c1-14-13-25(21(27)28-14)16-4-5-19(18(22)11-16)29-17-6-9-24(10-7-17)20(26)15-3-2-8-23-12-15/h2-5,8,11-12,14,17H,6-7,9-10,13H2,1H3. The van der Waals surface area contributed by atoms with Gasteiger partial charge in [0.2, 0.25) is 0 Å². The van der Waals surface area contributed by atoms with Crippen LogP contribution in [0.2, 0.25) is 0 Å². The number of hydrogen-bond acceptors (Lipinski definition) is 5. The highest BCUT2D eigenvalue weighted by molar-refractivity contribution is 5.94. The number of cyclic esters (lactones) is 1. The molecule has 1 unspecified atom stereocenters. The van der Waals surface area contributed by atoms with Gasteiger partial charge in [0.15, 0.2) is 11.6 Å². The fourth-order valence-electron chi connectivity index (χ4n) is 3.60. The van der Waals surface area contributed by atoms with E-state index in [1.165, 1.54) is 17.0 Å². The number of halogens is 1. The molecule has 4 rings (SSSR count). The number of anilines is 1. The number of aromatic nitrogens is 1. The van der Waals surface area contributed by atoms with Crippen LogP contribution in [0.15, 0.2) is 42.7 Å². The zero-order valence-electron chi connectivity index (χ0n) is 16.1. The molecule has 2 aliphatic heterocycles. The van der Waals surface area contributed by atoms with Gasteiger partial charge in [-0.1, -0.05) is 0 Å². The van der Waals surface area contributed by atoms with E-state index in [-0.39, 0.29) is 23.9 Å². The zero-order valence-corrected chi connectivity index (χ0v) is 16.1. The SMILES string of the molecule is CC1CN(c2ccc(OC3CCN(C(=O)c4cccnc4)CC3)c(F)c2)C(=O)O1. The summed E-state index contributed by atoms with van der Waals surface area (Å²) in [6, 6.07) is 7.95. The number of rotatable bonds is 4. The molecule has 0 spiro atoms. The molecule has 0 saturated carbocycles. The van der Waals surface area contributed by atoms with Gasteiger partial charge in [0, 0.05) is 44.4 Å². The summed E-state index contributed by atoms with van der Waals surface area (Å²) in [6.07, 6.45) is 3.54. The maximum atomic E-state index is 14.5. The number of nitrogens with zero attached hydrogens (tertiary/aromatic N) is 3. The van der Waals surface area contributed by atoms with Crippen molar-refractivity contribution in [3.8, 4) is 5.75 Å². The first-order chi connectivity index (χ1) is 14.0. The van der Waals surface area contributed by atoms with Crippen molar-refractivity contribution in [2.24, 2.45) is 0 Å². The average molecular weight is 399 g/mol. The number of ether oxygens (including phenoxy) is 2. The Balaban J connectivity index is 1.35. The second kappa shape index (κ2) is 8.06. The maximum Gasteiger partial charge on any atom is 0.414 e. The molecule has 3 heterocycles. The van der Waals surface area contributed by atoms with Crippen molar-refractivity contribution < 1.29 is 23.5 Å². The normalized spacial score (nSPS) is 19.9. The van der Waals surface area contributed by atoms with Crippen LogP contribution in [0.1, 0.15) is 30.1 Å². The number of hydrogen-bond donors (Lipinski definition) is 0. The van der Waals surface area contributed by atoms with Crippen molar-refractivity contribution >= 4 is 17.7 Å². The van der Waals surface area contributed by atoms with Gasteiger partial charge < -0.3 is 14.4 Å². The average Bonchev–Trinajstić information content (AvgIpc) is 3.08. The molecular formula is C21H22FN3O4. The number of pyridine rings is 1. The third-order valence-electron chi connectivity index (χ3n) is 5.12. The Kier molecular flexibility index (Phi) is 5.33. The van der Waals surface area contributed by atoms with Crippen molar-refractivity contribution in [1.29, 1.82) is 0 Å². The lowest BCUT2D eigenvalue weighted by molar-refractivity contribution is 0.0588. The number of benzene rings is 1. The second-order valence-corrected chi connectivity index (χ2v) is 7.27. The Morgan fingerprint density at radius 1 is 1.28 bits per heavy atom. The zero-order chi connectivity index (χ0) is 20.4. The van der Waals surface area contributed by atoms with Gasteiger partial charge in [-0.2, -0.15) is 0 Å². The molecule has 8 heteroatoms. The highest BCUT2D eigenvalue weighted by Gasteiger charge is 2.30. The smallest absolute Gasteiger partial charge is 0.414 e. The first kappa shape index (κ1) is 19.2. The molecule has 29 heavy (non-hydrogen) atoms. The molecule has 2 fully saturated rings. The van der Waals surface area contributed by atoms with Crippen LogP contribution in [-0.4, -0.2) is 53.7 Å². The van der Waals surface area contributed by atoms with Crippen LogP contribution in [0.25, 0.3) is 0 Å². The highest BCUT2D eigenvalue weighted by Crippen LogP contribution is 2.29. The third-order valence-corrected chi connectivity index (χ3v) is 5.12. The van der Waals surface area contributed by atoms with E-state index >= 15 is 0 Å². The van der Waals surface area contributed by atoms with Crippen LogP contribution < -0.4 is 9.64 Å². The van der Waals surface area contributed by atoms with E-state index in [9.17, 15) is 14.0 Å². The fourth-order valence-corrected chi connectivity index (χ4v) is 3.60. The van der Waals surface area contributed by atoms with E-state index in [2.05, 4.69) is 4.98 Å². The van der Waals surface area contributed by atoms with Crippen LogP contribution in [0.4, 0.5) is 14.9 Å². The number of carbonyl (C=O) groups excluding carboxylic acids is 2. The van der Waals surface area contributed by atoms with Crippen molar-refractivity contribution in [3.05, 3.63) is 54.1 Å². The van der Waals surface area contributed by atoms with E-state index < -0.39 is 11.9 Å². The molecule has 2 aliphatic rings. The Morgan fingerprint density at radius 3 is 2.69 bits per heavy atom. The molecule has 1 aromatic carbocycles. The molecule has 2 aromatic rings. The van der Waals surface area contributed by atoms with E-state index in [1.807, 2.05) is 0 Å². The molecule has 1 atom stereocenters. The second-order valence-electron chi connectivity index (χ2n) is 7.27. The van der Waals surface area contributed by atoms with Crippen molar-refractivity contribution in [1.82, 2.24) is 9.88 Å². The van der Waals surface area contributed by atoms with E-state index in [4.69, 9.17) is 9.47 Å². The van der Waals surface area contributed by atoms with Gasteiger partial charge in [-0.15, -0.1) is 0 Å². The lowest BCUT2D eigenvalue weighted by Gasteiger charge is -2.32. The summed E-state index contributed by atoms with van der Waals surface area (Å²) < 4.78 is 25.4. The summed E-state index contributed by atoms with van der Waals surface area (Å²) in [7, 11) is 0. The first-order valence-corrected chi connectivity index (χ1v) is 9.65. The first-order valence-electron chi connectivity index (χ1n) is 9.65. The van der Waals surface area contributed by atoms with Gasteiger partial charge >= 0.3 is 6.09 Å². The molecule has 0 radical (unpaired) electrons. The lowest BCUT2D eigenvalue weighted by Crippen LogP contribution is -2.41. The van der Waals surface area contributed by atoms with Crippen molar-refractivity contribution in [2.45, 2.75) is 32.0 Å². The van der Waals surface area contributed by atoms with Gasteiger partial charge in [-0.25, -0.2) is 9.18 Å². The van der Waals surface area contributed by atoms with Crippen LogP contribution in [0.5, 0.6) is 5.75 Å². The minimum Gasteiger partial charge on any atom is -0.487 e. The molecule has 2 amide bonds. The predicted octanol–water partition coefficient (Wildman–Crippen LogP) is 3.25. The predicted molar refractivity (Wildman–Crippen MR) is 103 cm³/mol. The van der Waals surface area contributed by atoms with Crippen LogP contribution in [0.3, 0.4) is 0 Å². The summed E-state index contributed by atoms with van der Waals surface area (Å²) in [5.74, 6) is -0.436. The molecule has 2 saturated heterocycles. The molecule has 0 aliphatic carbocycles. The topological polar surface area (TPSA) is 72.0 Å². The van der Waals surface area contributed by atoms with Crippen LogP contribution >= 0.6 is 0 Å². The van der Waals surface area contributed by atoms with Gasteiger partial charge in [-0.05, 0) is 31.2 Å². The highest BCUT2D eigenvalue weighted by atomic mass is 19.1. The molecule has 1 aromatic heterocycles. The summed E-state index contributed by atoms with van der Waals surface area (Å²) >= 11 is 0. The lowest BCUT2D eigenvalue weighted by atomic mass is 10.1. The number of piperidine rings is 1. The van der Waals surface area contributed by atoms with E-state index in [1.54, 1.807) is 42.4 Å². The Hall–Kier alpha value is -3.16. The minimum absolute atomic E-state index is 0.0567. The van der Waals surface area contributed by atoms with Gasteiger partial charge in [0.1, 0.15) is 12.2 Å². The maximum absolute atomic E-state index is 14.5. The molecular weight excluding hydrogens is 377 g/mol. The third kappa shape index (κ3) is 4.16. The van der Waals surface area contributed by atoms with Crippen LogP contribution in [-0.2, 0) is 4.74 Å². The Labute approximate surface area is 168 Å². The van der Waals surface area contributed by atoms with E-state index in [0.717, 1.165) is 0 Å². The van der Waals surface area contributed by atoms with Gasteiger partial charge in [0.05, 0.1) is 17.8 Å². The van der Waals surface area contributed by atoms with Crippen molar-refractivity contribution in [3.63, 3.8) is 0 Å². The molecule has 7 nitrogen and oxygen atoms in total. The number of likely N-dealkylation sites (tertiary alicyclic amines) is 1. The van der Waals surface area contributed by atoms with Crippen LogP contribution in [0, 0.1) is 5.82 Å². The summed E-state index contributed by atoms with van der Waals surface area (Å²) in [5, 5.41) is 0. The molecule has 152 valence electrons. The largest absolute Gasteiger partial charge is 0.487 e.